The second-order valence-corrected chi connectivity index (χ2v) is 6.83. The van der Waals surface area contributed by atoms with Crippen LogP contribution in [0.4, 0.5) is 4.39 Å². The second kappa shape index (κ2) is 8.76. The van der Waals surface area contributed by atoms with Gasteiger partial charge in [-0.3, -0.25) is 9.59 Å². The third kappa shape index (κ3) is 5.74. The van der Waals surface area contributed by atoms with Crippen LogP contribution in [0.2, 0.25) is 5.02 Å². The van der Waals surface area contributed by atoms with E-state index in [2.05, 4.69) is 10.0 Å². The number of hydrogen-bond donors (Lipinski definition) is 0. The third-order valence-corrected chi connectivity index (χ3v) is 4.14. The zero-order valence-corrected chi connectivity index (χ0v) is 14.3. The number of nitrogens with zero attached hydrogens (tertiary/aromatic N) is 3. The third-order valence-electron chi connectivity index (χ3n) is 2.58. The van der Waals surface area contributed by atoms with Crippen molar-refractivity contribution in [3.63, 3.8) is 0 Å². The molecular weight excluding hydrogens is 345 g/mol. The van der Waals surface area contributed by atoms with Gasteiger partial charge in [-0.25, -0.2) is 4.39 Å². The van der Waals surface area contributed by atoms with Gasteiger partial charge in [-0.05, 0) is 35.6 Å². The van der Waals surface area contributed by atoms with E-state index in [-0.39, 0.29) is 10.9 Å². The van der Waals surface area contributed by atoms with Gasteiger partial charge in [0.1, 0.15) is 11.1 Å². The Bertz CT molecular complexity index is 663. The summed E-state index contributed by atoms with van der Waals surface area (Å²) in [6, 6.07) is 2.10. The summed E-state index contributed by atoms with van der Waals surface area (Å²) in [7, 11) is 0. The number of halogens is 2. The van der Waals surface area contributed by atoms with E-state index < -0.39 is 28.5 Å². The van der Waals surface area contributed by atoms with Crippen LogP contribution in [-0.4, -0.2) is 23.7 Å². The van der Waals surface area contributed by atoms with Crippen LogP contribution < -0.4 is 0 Å². The van der Waals surface area contributed by atoms with Crippen LogP contribution >= 0.6 is 23.4 Å². The summed E-state index contributed by atoms with van der Waals surface area (Å²) in [4.78, 5) is 26.0. The van der Waals surface area contributed by atoms with E-state index in [1.807, 2.05) is 13.8 Å². The summed E-state index contributed by atoms with van der Waals surface area (Å²) in [6.45, 7) is 5.73. The maximum absolute atomic E-state index is 13.7. The number of ether oxygens (including phenoxy) is 1. The van der Waals surface area contributed by atoms with Gasteiger partial charge >= 0.3 is 5.97 Å². The lowest BCUT2D eigenvalue weighted by Crippen LogP contribution is -2.19. The smallest absolute Gasteiger partial charge is 0.319 e. The Hall–Kier alpha value is -1.76. The Balaban J connectivity index is 2.95. The molecule has 0 spiro atoms. The quantitative estimate of drug-likeness (QED) is 0.244. The van der Waals surface area contributed by atoms with Crippen LogP contribution in [0.1, 0.15) is 31.1 Å². The van der Waals surface area contributed by atoms with E-state index in [9.17, 15) is 14.0 Å². The predicted octanol–water partition coefficient (Wildman–Crippen LogP) is 4.61. The Labute approximate surface area is 142 Å². The molecule has 9 heteroatoms. The first-order chi connectivity index (χ1) is 10.8. The summed E-state index contributed by atoms with van der Waals surface area (Å²) in [5.41, 5.74) is 7.85. The SMILES string of the molecule is CC(C)COC(=O)C(C)Sc1cc(C(=O)N=[N+]=[N-])c(F)cc1Cl. The zero-order chi connectivity index (χ0) is 17.6. The standard InChI is InChI=1S/C14H15ClFN3O3S/c1-7(2)6-22-14(21)8(3)23-12-4-9(13(20)18-19-17)11(16)5-10(12)15/h4-5,7-8H,6H2,1-3H3. The van der Waals surface area contributed by atoms with Gasteiger partial charge in [0.15, 0.2) is 0 Å². The van der Waals surface area contributed by atoms with Crippen molar-refractivity contribution in [1.82, 2.24) is 0 Å². The summed E-state index contributed by atoms with van der Waals surface area (Å²) < 4.78 is 18.8. The number of benzene rings is 1. The fourth-order valence-electron chi connectivity index (χ4n) is 1.48. The molecule has 0 fully saturated rings. The van der Waals surface area contributed by atoms with Crippen LogP contribution in [0.15, 0.2) is 22.1 Å². The van der Waals surface area contributed by atoms with Gasteiger partial charge in [0, 0.05) is 9.81 Å². The van der Waals surface area contributed by atoms with Crippen molar-refractivity contribution < 1.29 is 18.7 Å². The fraction of sp³-hybridized carbons (Fsp3) is 0.429. The lowest BCUT2D eigenvalue weighted by molar-refractivity contribution is -0.143. The molecule has 0 heterocycles. The summed E-state index contributed by atoms with van der Waals surface area (Å²) in [5, 5.41) is 2.30. The summed E-state index contributed by atoms with van der Waals surface area (Å²) in [6.07, 6.45) is 0. The fourth-order valence-corrected chi connectivity index (χ4v) is 2.67. The van der Waals surface area contributed by atoms with Crippen molar-refractivity contribution in [1.29, 1.82) is 0 Å². The molecule has 1 atom stereocenters. The van der Waals surface area contributed by atoms with Gasteiger partial charge in [-0.15, -0.1) is 11.8 Å². The van der Waals surface area contributed by atoms with Gasteiger partial charge < -0.3 is 4.74 Å². The van der Waals surface area contributed by atoms with Gasteiger partial charge in [0.05, 0.1) is 17.2 Å². The average Bonchev–Trinajstić information content (AvgIpc) is 2.47. The monoisotopic (exact) mass is 359 g/mol. The molecule has 1 rings (SSSR count). The average molecular weight is 360 g/mol. The molecule has 1 aromatic rings. The topological polar surface area (TPSA) is 92.1 Å². The highest BCUT2D eigenvalue weighted by Crippen LogP contribution is 2.33. The van der Waals surface area contributed by atoms with Crippen molar-refractivity contribution in [3.05, 3.63) is 39.0 Å². The van der Waals surface area contributed by atoms with Gasteiger partial charge in [0.25, 0.3) is 5.91 Å². The molecule has 0 saturated carbocycles. The van der Waals surface area contributed by atoms with E-state index >= 15 is 0 Å². The molecule has 1 unspecified atom stereocenters. The minimum atomic E-state index is -1.06. The van der Waals surface area contributed by atoms with Crippen LogP contribution in [0.25, 0.3) is 10.4 Å². The molecule has 124 valence electrons. The molecule has 23 heavy (non-hydrogen) atoms. The first-order valence-corrected chi connectivity index (χ1v) is 7.93. The molecule has 0 radical (unpaired) electrons. The lowest BCUT2D eigenvalue weighted by atomic mass is 10.2. The van der Waals surface area contributed by atoms with E-state index in [0.29, 0.717) is 11.5 Å². The zero-order valence-electron chi connectivity index (χ0n) is 12.7. The van der Waals surface area contributed by atoms with Crippen LogP contribution in [0.3, 0.4) is 0 Å². The predicted molar refractivity (Wildman–Crippen MR) is 86.0 cm³/mol. The molecule has 0 aromatic heterocycles. The summed E-state index contributed by atoms with van der Waals surface area (Å²) >= 11 is 6.96. The number of hydrogen-bond acceptors (Lipinski definition) is 4. The number of rotatable bonds is 6. The molecule has 1 amide bonds. The lowest BCUT2D eigenvalue weighted by Gasteiger charge is -2.14. The van der Waals surface area contributed by atoms with Crippen molar-refractivity contribution in [3.8, 4) is 0 Å². The number of azide groups is 1. The molecule has 6 nitrogen and oxygen atoms in total. The minimum Gasteiger partial charge on any atom is -0.465 e. The number of carbonyl (C=O) groups excluding carboxylic acids is 2. The molecular formula is C14H15ClFN3O3S. The minimum absolute atomic E-state index is 0.0495. The second-order valence-electron chi connectivity index (χ2n) is 5.04. The summed E-state index contributed by atoms with van der Waals surface area (Å²) in [5.74, 6) is -2.18. The number of thioether (sulfide) groups is 1. The Kier molecular flexibility index (Phi) is 7.35. The largest absolute Gasteiger partial charge is 0.465 e. The first-order valence-electron chi connectivity index (χ1n) is 6.68. The van der Waals surface area contributed by atoms with Crippen molar-refractivity contribution in [2.45, 2.75) is 30.9 Å². The van der Waals surface area contributed by atoms with E-state index in [1.165, 1.54) is 0 Å². The first kappa shape index (κ1) is 19.3. The maximum Gasteiger partial charge on any atom is 0.319 e. The highest BCUT2D eigenvalue weighted by molar-refractivity contribution is 8.00. The van der Waals surface area contributed by atoms with Gasteiger partial charge in [-0.1, -0.05) is 25.4 Å². The highest BCUT2D eigenvalue weighted by Gasteiger charge is 2.20. The van der Waals surface area contributed by atoms with Crippen molar-refractivity contribution >= 4 is 35.2 Å². The highest BCUT2D eigenvalue weighted by atomic mass is 35.5. The molecule has 0 aliphatic heterocycles. The van der Waals surface area contributed by atoms with Crippen molar-refractivity contribution in [2.24, 2.45) is 11.0 Å². The van der Waals surface area contributed by atoms with Crippen molar-refractivity contribution in [2.75, 3.05) is 6.61 Å². The normalized spacial score (nSPS) is 11.7. The van der Waals surface area contributed by atoms with Crippen LogP contribution in [0, 0.1) is 11.7 Å². The Morgan fingerprint density at radius 2 is 2.09 bits per heavy atom. The van der Waals surface area contributed by atoms with Crippen LogP contribution in [0.5, 0.6) is 0 Å². The Morgan fingerprint density at radius 3 is 2.65 bits per heavy atom. The molecule has 0 aliphatic rings. The maximum atomic E-state index is 13.7. The molecule has 0 aliphatic carbocycles. The molecule has 0 N–H and O–H groups in total. The van der Waals surface area contributed by atoms with Gasteiger partial charge in [-0.2, -0.15) is 0 Å². The van der Waals surface area contributed by atoms with Gasteiger partial charge in [0.2, 0.25) is 0 Å². The van der Waals surface area contributed by atoms with E-state index in [0.717, 1.165) is 23.9 Å². The number of amides is 1. The number of esters is 1. The van der Waals surface area contributed by atoms with E-state index in [4.69, 9.17) is 21.9 Å². The molecule has 0 saturated heterocycles. The Morgan fingerprint density at radius 1 is 1.43 bits per heavy atom. The molecule has 0 bridgehead atoms. The molecule has 1 aromatic carbocycles. The van der Waals surface area contributed by atoms with E-state index in [1.54, 1.807) is 6.92 Å². The number of carbonyl (C=O) groups is 2. The van der Waals surface area contributed by atoms with Crippen LogP contribution in [-0.2, 0) is 9.53 Å².